The highest BCUT2D eigenvalue weighted by Crippen LogP contribution is 2.55. The van der Waals surface area contributed by atoms with E-state index in [1.54, 1.807) is 6.26 Å². The minimum absolute atomic E-state index is 0.0127. The van der Waals surface area contributed by atoms with Gasteiger partial charge in [-0.25, -0.2) is 4.98 Å². The molecular formula is C20H19NO5. The minimum atomic E-state index is -1.39. The van der Waals surface area contributed by atoms with E-state index >= 15 is 0 Å². The molecule has 134 valence electrons. The number of carbonyl (C=O) groups is 1. The van der Waals surface area contributed by atoms with Crippen molar-refractivity contribution in [3.05, 3.63) is 48.1 Å². The summed E-state index contributed by atoms with van der Waals surface area (Å²) < 4.78 is 23.1. The summed E-state index contributed by atoms with van der Waals surface area (Å²) in [5, 5.41) is 0. The molecule has 1 fully saturated rings. The molecule has 6 heteroatoms. The van der Waals surface area contributed by atoms with E-state index in [4.69, 9.17) is 18.6 Å². The van der Waals surface area contributed by atoms with Gasteiger partial charge in [0.25, 0.3) is 0 Å². The number of aryl methyl sites for hydroxylation is 1. The van der Waals surface area contributed by atoms with Gasteiger partial charge < -0.3 is 18.6 Å². The molecule has 26 heavy (non-hydrogen) atoms. The normalized spacial score (nSPS) is 31.2. The summed E-state index contributed by atoms with van der Waals surface area (Å²) in [5.74, 6) is -1.85. The number of hydrogen-bond donors (Lipinski definition) is 0. The average Bonchev–Trinajstić information content (AvgIpc) is 3.29. The molecule has 3 aliphatic carbocycles. The van der Waals surface area contributed by atoms with Crippen molar-refractivity contribution < 1.29 is 23.4 Å². The zero-order valence-corrected chi connectivity index (χ0v) is 14.8. The molecule has 0 amide bonds. The molecule has 0 N–H and O–H groups in total. The summed E-state index contributed by atoms with van der Waals surface area (Å²) in [4.78, 5) is 17.7. The Bertz CT molecular complexity index is 968. The smallest absolute Gasteiger partial charge is 0.240 e. The second kappa shape index (κ2) is 5.28. The van der Waals surface area contributed by atoms with Crippen molar-refractivity contribution in [3.63, 3.8) is 0 Å². The predicted octanol–water partition coefficient (Wildman–Crippen LogP) is 2.87. The van der Waals surface area contributed by atoms with Crippen LogP contribution in [-0.4, -0.2) is 36.9 Å². The first-order valence-corrected chi connectivity index (χ1v) is 8.65. The largest absolute Gasteiger partial charge is 0.497 e. The fourth-order valence-electron chi connectivity index (χ4n) is 4.60. The number of hydrogen-bond acceptors (Lipinski definition) is 6. The van der Waals surface area contributed by atoms with Gasteiger partial charge in [0.2, 0.25) is 11.7 Å². The topological polar surface area (TPSA) is 70.8 Å². The zero-order valence-electron chi connectivity index (χ0n) is 14.8. The van der Waals surface area contributed by atoms with Gasteiger partial charge in [0, 0.05) is 25.7 Å². The lowest BCUT2D eigenvalue weighted by Crippen LogP contribution is -2.65. The molecule has 4 aliphatic rings. The van der Waals surface area contributed by atoms with Gasteiger partial charge in [0.05, 0.1) is 18.1 Å². The Morgan fingerprint density at radius 1 is 1.23 bits per heavy atom. The monoisotopic (exact) mass is 353 g/mol. The van der Waals surface area contributed by atoms with Gasteiger partial charge in [-0.3, -0.25) is 4.79 Å². The molecule has 4 atom stereocenters. The first-order valence-electron chi connectivity index (χ1n) is 8.65. The third-order valence-corrected chi connectivity index (χ3v) is 5.81. The predicted molar refractivity (Wildman–Crippen MR) is 93.0 cm³/mol. The van der Waals surface area contributed by atoms with E-state index in [1.807, 2.05) is 37.3 Å². The minimum Gasteiger partial charge on any atom is -0.497 e. The van der Waals surface area contributed by atoms with Crippen LogP contribution in [0.2, 0.25) is 0 Å². The molecule has 6 nitrogen and oxygen atoms in total. The highest BCUT2D eigenvalue weighted by Gasteiger charge is 2.66. The third kappa shape index (κ3) is 1.83. The number of Topliss-reactive ketones (excluding diaryl/α,β-unsaturated/α-hetero) is 1. The van der Waals surface area contributed by atoms with E-state index in [1.165, 1.54) is 14.2 Å². The van der Waals surface area contributed by atoms with E-state index in [-0.39, 0.29) is 17.8 Å². The highest BCUT2D eigenvalue weighted by molar-refractivity contribution is 5.98. The number of aromatic nitrogens is 1. The van der Waals surface area contributed by atoms with Crippen molar-refractivity contribution in [2.75, 3.05) is 14.2 Å². The summed E-state index contributed by atoms with van der Waals surface area (Å²) in [7, 11) is 2.99. The number of oxazole rings is 1. The van der Waals surface area contributed by atoms with Crippen molar-refractivity contribution in [1.29, 1.82) is 0 Å². The molecule has 0 saturated heterocycles. The van der Waals surface area contributed by atoms with Crippen molar-refractivity contribution in [1.82, 2.24) is 4.98 Å². The molecule has 2 aromatic rings. The van der Waals surface area contributed by atoms with Crippen LogP contribution in [0.25, 0.3) is 16.7 Å². The highest BCUT2D eigenvalue weighted by atomic mass is 16.7. The molecule has 1 saturated carbocycles. The number of nitrogens with zero attached hydrogens (tertiary/aromatic N) is 1. The molecule has 2 bridgehead atoms. The number of fused-ring (bicyclic) bond motifs is 2. The maximum absolute atomic E-state index is 13.1. The molecule has 1 aromatic heterocycles. The molecule has 1 aliphatic heterocycles. The lowest BCUT2D eigenvalue weighted by molar-refractivity contribution is -0.250. The van der Waals surface area contributed by atoms with Crippen LogP contribution in [0.4, 0.5) is 0 Å². The van der Waals surface area contributed by atoms with Crippen LogP contribution in [0.1, 0.15) is 11.5 Å². The number of carbonyl (C=O) groups excluding carboxylic acids is 1. The van der Waals surface area contributed by atoms with Crippen LogP contribution >= 0.6 is 0 Å². The fraction of sp³-hybridized carbons (Fsp3) is 0.400. The lowest BCUT2D eigenvalue weighted by atomic mass is 9.60. The molecule has 6 rings (SSSR count). The first-order chi connectivity index (χ1) is 12.6. The van der Waals surface area contributed by atoms with Crippen LogP contribution in [0, 0.1) is 24.7 Å². The van der Waals surface area contributed by atoms with Gasteiger partial charge in [0.1, 0.15) is 11.6 Å². The molecule has 0 radical (unpaired) electrons. The van der Waals surface area contributed by atoms with Gasteiger partial charge in [-0.15, -0.1) is 0 Å². The maximum Gasteiger partial charge on any atom is 0.240 e. The second-order valence-corrected chi connectivity index (χ2v) is 7.06. The van der Waals surface area contributed by atoms with Crippen LogP contribution < -0.4 is 0 Å². The van der Waals surface area contributed by atoms with Gasteiger partial charge in [-0.1, -0.05) is 12.1 Å². The van der Waals surface area contributed by atoms with E-state index in [0.717, 1.165) is 16.7 Å². The summed E-state index contributed by atoms with van der Waals surface area (Å²) in [6.45, 7) is 2.01. The summed E-state index contributed by atoms with van der Waals surface area (Å²) in [6.07, 6.45) is 5.31. The molecule has 2 heterocycles. The standard InChI is InChI=1S/C20H19NO5/c1-10-4-5-15-14(8-10)21-19(26-15)13-9-12-11-6-7-25-17(11)16(13)20(23-2,24-3)18(12)22/h4-9,11-12,16-17H,1-3H3/t11-,12+,16-,17-/m1/s1. The Labute approximate surface area is 150 Å². The van der Waals surface area contributed by atoms with Crippen LogP contribution in [0.5, 0.6) is 0 Å². The number of benzene rings is 1. The molecule has 0 unspecified atom stereocenters. The Hall–Kier alpha value is -2.44. The number of methoxy groups -OCH3 is 2. The summed E-state index contributed by atoms with van der Waals surface area (Å²) in [6, 6.07) is 5.87. The first kappa shape index (κ1) is 15.8. The Balaban J connectivity index is 1.70. The number of ketones is 1. The van der Waals surface area contributed by atoms with E-state index < -0.39 is 17.6 Å². The van der Waals surface area contributed by atoms with Gasteiger partial charge in [0.15, 0.2) is 11.4 Å². The zero-order chi connectivity index (χ0) is 18.1. The third-order valence-electron chi connectivity index (χ3n) is 5.81. The fourth-order valence-corrected chi connectivity index (χ4v) is 4.60. The molecule has 1 aromatic carbocycles. The molecular weight excluding hydrogens is 334 g/mol. The second-order valence-electron chi connectivity index (χ2n) is 7.06. The summed E-state index contributed by atoms with van der Waals surface area (Å²) >= 11 is 0. The number of ether oxygens (including phenoxy) is 3. The maximum atomic E-state index is 13.1. The van der Waals surface area contributed by atoms with Crippen molar-refractivity contribution >= 4 is 22.5 Å². The van der Waals surface area contributed by atoms with Crippen molar-refractivity contribution in [3.8, 4) is 0 Å². The quantitative estimate of drug-likeness (QED) is 0.790. The van der Waals surface area contributed by atoms with Crippen molar-refractivity contribution in [2.24, 2.45) is 17.8 Å². The lowest BCUT2D eigenvalue weighted by Gasteiger charge is -2.51. The Morgan fingerprint density at radius 2 is 2.04 bits per heavy atom. The van der Waals surface area contributed by atoms with E-state index in [0.29, 0.717) is 11.5 Å². The van der Waals surface area contributed by atoms with Gasteiger partial charge in [-0.05, 0) is 30.7 Å². The Kier molecular flexibility index (Phi) is 3.21. The summed E-state index contributed by atoms with van der Waals surface area (Å²) in [5.41, 5.74) is 3.41. The molecule has 0 spiro atoms. The average molecular weight is 353 g/mol. The van der Waals surface area contributed by atoms with Gasteiger partial charge in [-0.2, -0.15) is 0 Å². The van der Waals surface area contributed by atoms with E-state index in [2.05, 4.69) is 4.98 Å². The van der Waals surface area contributed by atoms with E-state index in [9.17, 15) is 4.79 Å². The number of rotatable bonds is 3. The van der Waals surface area contributed by atoms with Crippen molar-refractivity contribution in [2.45, 2.75) is 18.8 Å². The van der Waals surface area contributed by atoms with Gasteiger partial charge >= 0.3 is 0 Å². The van der Waals surface area contributed by atoms with Crippen LogP contribution in [-0.2, 0) is 19.0 Å². The SMILES string of the molecule is COC1(OC)C(=O)[C@H]2C=C(c3nc4cc(C)ccc4o3)[C@@H]1[C@@H]1OC=C[C@@H]12. The van der Waals surface area contributed by atoms with Crippen LogP contribution in [0.15, 0.2) is 41.0 Å². The number of allylic oxidation sites excluding steroid dienone is 1. The van der Waals surface area contributed by atoms with Crippen LogP contribution in [0.3, 0.4) is 0 Å². The Morgan fingerprint density at radius 3 is 2.81 bits per heavy atom.